The third-order valence-corrected chi connectivity index (χ3v) is 2.91. The van der Waals surface area contributed by atoms with Crippen molar-refractivity contribution in [2.45, 2.75) is 13.3 Å². The van der Waals surface area contributed by atoms with Crippen LogP contribution in [-0.2, 0) is 0 Å². The third-order valence-electron chi connectivity index (χ3n) is 2.91. The highest BCUT2D eigenvalue weighted by molar-refractivity contribution is 5.97. The van der Waals surface area contributed by atoms with Gasteiger partial charge in [0.15, 0.2) is 5.78 Å². The van der Waals surface area contributed by atoms with Crippen molar-refractivity contribution in [1.82, 2.24) is 4.98 Å². The molecule has 0 fully saturated rings. The summed E-state index contributed by atoms with van der Waals surface area (Å²) in [5.41, 5.74) is 1.46. The van der Waals surface area contributed by atoms with Gasteiger partial charge in [-0.1, -0.05) is 0 Å². The lowest BCUT2D eigenvalue weighted by Crippen LogP contribution is -2.19. The molecule has 1 aromatic rings. The highest BCUT2D eigenvalue weighted by Crippen LogP contribution is 2.21. The molecule has 0 saturated carbocycles. The van der Waals surface area contributed by atoms with Crippen LogP contribution in [-0.4, -0.2) is 17.0 Å². The standard InChI is InChI=1S/C14H13N3O/c1-10-6-11(3-5-17-10)14(18)7-13-9-16-4-2-12(13)8-15/h2-6,9,12-13H,7H2,1H3. The Morgan fingerprint density at radius 3 is 3.11 bits per heavy atom. The lowest BCUT2D eigenvalue weighted by atomic mass is 9.87. The number of allylic oxidation sites excluding steroid dienone is 1. The summed E-state index contributed by atoms with van der Waals surface area (Å²) in [4.78, 5) is 20.2. The van der Waals surface area contributed by atoms with Gasteiger partial charge < -0.3 is 0 Å². The van der Waals surface area contributed by atoms with Crippen LogP contribution in [0.1, 0.15) is 22.5 Å². The number of hydrogen-bond donors (Lipinski definition) is 0. The maximum Gasteiger partial charge on any atom is 0.163 e. The average molecular weight is 239 g/mol. The summed E-state index contributed by atoms with van der Waals surface area (Å²) in [6.07, 6.45) is 6.94. The van der Waals surface area contributed by atoms with Crippen LogP contribution in [0, 0.1) is 30.1 Å². The maximum atomic E-state index is 12.1. The normalized spacial score (nSPS) is 21.6. The summed E-state index contributed by atoms with van der Waals surface area (Å²) in [5.74, 6) is -0.386. The highest BCUT2D eigenvalue weighted by atomic mass is 16.1. The summed E-state index contributed by atoms with van der Waals surface area (Å²) >= 11 is 0. The van der Waals surface area contributed by atoms with Gasteiger partial charge in [0.25, 0.3) is 0 Å². The fourth-order valence-corrected chi connectivity index (χ4v) is 1.91. The molecule has 0 bridgehead atoms. The van der Waals surface area contributed by atoms with Crippen molar-refractivity contribution in [1.29, 1.82) is 5.26 Å². The number of hydrogen-bond acceptors (Lipinski definition) is 4. The topological polar surface area (TPSA) is 66.1 Å². The molecule has 1 aliphatic rings. The number of ketones is 1. The van der Waals surface area contributed by atoms with E-state index in [0.29, 0.717) is 12.0 Å². The first-order valence-electron chi connectivity index (χ1n) is 5.76. The summed E-state index contributed by atoms with van der Waals surface area (Å²) in [6.45, 7) is 1.85. The molecule has 0 radical (unpaired) electrons. The summed E-state index contributed by atoms with van der Waals surface area (Å²) < 4.78 is 0. The molecule has 2 atom stereocenters. The molecule has 2 rings (SSSR count). The van der Waals surface area contributed by atoms with Crippen LogP contribution in [0.4, 0.5) is 0 Å². The van der Waals surface area contributed by atoms with Crippen LogP contribution in [0.15, 0.2) is 35.6 Å². The maximum absolute atomic E-state index is 12.1. The van der Waals surface area contributed by atoms with Crippen molar-refractivity contribution in [3.63, 3.8) is 0 Å². The van der Waals surface area contributed by atoms with E-state index in [4.69, 9.17) is 5.26 Å². The number of carbonyl (C=O) groups is 1. The first-order chi connectivity index (χ1) is 8.70. The molecule has 2 heterocycles. The van der Waals surface area contributed by atoms with Crippen molar-refractivity contribution in [2.75, 3.05) is 0 Å². The number of Topliss-reactive ketones (excluding diaryl/α,β-unsaturated/α-hetero) is 1. The molecule has 18 heavy (non-hydrogen) atoms. The molecule has 1 aromatic heterocycles. The Hall–Kier alpha value is -2.28. The van der Waals surface area contributed by atoms with E-state index < -0.39 is 0 Å². The molecular weight excluding hydrogens is 226 g/mol. The van der Waals surface area contributed by atoms with Crippen LogP contribution in [0.2, 0.25) is 0 Å². The molecule has 4 heteroatoms. The van der Waals surface area contributed by atoms with Crippen LogP contribution >= 0.6 is 0 Å². The minimum Gasteiger partial charge on any atom is -0.294 e. The van der Waals surface area contributed by atoms with Gasteiger partial charge in [0.2, 0.25) is 0 Å². The van der Waals surface area contributed by atoms with E-state index in [0.717, 1.165) is 5.69 Å². The van der Waals surface area contributed by atoms with E-state index in [1.165, 1.54) is 0 Å². The van der Waals surface area contributed by atoms with Crippen molar-refractivity contribution in [2.24, 2.45) is 16.8 Å². The molecule has 1 aliphatic heterocycles. The molecule has 0 N–H and O–H groups in total. The molecule has 0 amide bonds. The zero-order chi connectivity index (χ0) is 13.0. The van der Waals surface area contributed by atoms with E-state index in [-0.39, 0.29) is 17.6 Å². The van der Waals surface area contributed by atoms with Crippen molar-refractivity contribution in [3.05, 3.63) is 41.9 Å². The monoisotopic (exact) mass is 239 g/mol. The van der Waals surface area contributed by atoms with E-state index in [2.05, 4.69) is 16.0 Å². The van der Waals surface area contributed by atoms with Gasteiger partial charge in [0, 0.05) is 42.2 Å². The summed E-state index contributed by atoms with van der Waals surface area (Å²) in [7, 11) is 0. The van der Waals surface area contributed by atoms with Gasteiger partial charge in [-0.25, -0.2) is 0 Å². The smallest absolute Gasteiger partial charge is 0.163 e. The largest absolute Gasteiger partial charge is 0.294 e. The predicted octanol–water partition coefficient (Wildman–Crippen LogP) is 2.32. The number of nitrogens with zero attached hydrogens (tertiary/aromatic N) is 3. The molecule has 4 nitrogen and oxygen atoms in total. The van der Waals surface area contributed by atoms with Crippen LogP contribution in [0.5, 0.6) is 0 Å². The third kappa shape index (κ3) is 2.69. The van der Waals surface area contributed by atoms with E-state index in [1.807, 2.05) is 6.92 Å². The Bertz CT molecular complexity index is 554. The average Bonchev–Trinajstić information content (AvgIpc) is 2.39. The Balaban J connectivity index is 2.10. The van der Waals surface area contributed by atoms with E-state index in [9.17, 15) is 4.79 Å². The number of nitriles is 1. The first-order valence-corrected chi connectivity index (χ1v) is 5.76. The fourth-order valence-electron chi connectivity index (χ4n) is 1.91. The predicted molar refractivity (Wildman–Crippen MR) is 68.1 cm³/mol. The second kappa shape index (κ2) is 5.37. The fraction of sp³-hybridized carbons (Fsp3) is 0.286. The lowest BCUT2D eigenvalue weighted by molar-refractivity contribution is 0.0969. The van der Waals surface area contributed by atoms with Gasteiger partial charge >= 0.3 is 0 Å². The molecule has 0 spiro atoms. The molecule has 90 valence electrons. The molecular formula is C14H13N3O. The summed E-state index contributed by atoms with van der Waals surface area (Å²) in [6, 6.07) is 5.64. The van der Waals surface area contributed by atoms with Gasteiger partial charge in [-0.05, 0) is 25.1 Å². The number of aromatic nitrogens is 1. The Kier molecular flexibility index (Phi) is 3.63. The van der Waals surface area contributed by atoms with Gasteiger partial charge in [-0.15, -0.1) is 0 Å². The quantitative estimate of drug-likeness (QED) is 0.760. The SMILES string of the molecule is Cc1cc(C(=O)CC2C=NC=CC2C#N)ccn1. The van der Waals surface area contributed by atoms with E-state index in [1.54, 1.807) is 36.8 Å². The second-order valence-corrected chi connectivity index (χ2v) is 4.27. The highest BCUT2D eigenvalue weighted by Gasteiger charge is 2.22. The van der Waals surface area contributed by atoms with E-state index >= 15 is 0 Å². The minimum atomic E-state index is -0.269. The molecule has 0 aromatic carbocycles. The molecule has 0 saturated heterocycles. The number of pyridine rings is 1. The van der Waals surface area contributed by atoms with Crippen LogP contribution in [0.3, 0.4) is 0 Å². The number of carbonyl (C=O) groups excluding carboxylic acids is 1. The molecule has 0 aliphatic carbocycles. The van der Waals surface area contributed by atoms with Gasteiger partial charge in [-0.3, -0.25) is 14.8 Å². The van der Waals surface area contributed by atoms with Crippen molar-refractivity contribution < 1.29 is 4.79 Å². The lowest BCUT2D eigenvalue weighted by Gasteiger charge is -2.16. The Labute approximate surface area is 106 Å². The van der Waals surface area contributed by atoms with Crippen molar-refractivity contribution >= 4 is 12.0 Å². The summed E-state index contributed by atoms with van der Waals surface area (Å²) in [5, 5.41) is 9.00. The van der Waals surface area contributed by atoms with Crippen molar-refractivity contribution in [3.8, 4) is 6.07 Å². The van der Waals surface area contributed by atoms with Gasteiger partial charge in [0.1, 0.15) is 0 Å². The van der Waals surface area contributed by atoms with Gasteiger partial charge in [-0.2, -0.15) is 5.26 Å². The molecule has 2 unspecified atom stereocenters. The number of aryl methyl sites for hydroxylation is 1. The first kappa shape index (κ1) is 12.2. The zero-order valence-electron chi connectivity index (χ0n) is 10.1. The number of rotatable bonds is 3. The number of aliphatic imine (C=N–C) groups is 1. The van der Waals surface area contributed by atoms with Crippen LogP contribution in [0.25, 0.3) is 0 Å². The zero-order valence-corrected chi connectivity index (χ0v) is 10.1. The van der Waals surface area contributed by atoms with Gasteiger partial charge in [0.05, 0.1) is 12.0 Å². The minimum absolute atomic E-state index is 0.0208. The Morgan fingerprint density at radius 1 is 1.56 bits per heavy atom. The van der Waals surface area contributed by atoms with Crippen LogP contribution < -0.4 is 0 Å². The Morgan fingerprint density at radius 2 is 2.39 bits per heavy atom. The second-order valence-electron chi connectivity index (χ2n) is 4.27.